The highest BCUT2D eigenvalue weighted by molar-refractivity contribution is 5.97. The molecule has 4 atom stereocenters. The van der Waals surface area contributed by atoms with Gasteiger partial charge >= 0.3 is 0 Å². The van der Waals surface area contributed by atoms with E-state index in [-0.39, 0.29) is 36.5 Å². The summed E-state index contributed by atoms with van der Waals surface area (Å²) in [6.07, 6.45) is -3.44. The van der Waals surface area contributed by atoms with E-state index in [9.17, 15) is 9.70 Å². The fraction of sp³-hybridized carbons (Fsp3) is 0.346. The minimum atomic E-state index is -1.13. The average Bonchev–Trinajstić information content (AvgIpc) is 3.40. The smallest absolute Gasteiger partial charge is 0.257 e. The van der Waals surface area contributed by atoms with Crippen LogP contribution in [-0.4, -0.2) is 46.3 Å². The quantitative estimate of drug-likeness (QED) is 0.400. The number of nitroso groups, excluding NO2 is 1. The molecule has 3 heterocycles. The average molecular weight is 522 g/mol. The molecule has 0 bridgehead atoms. The minimum Gasteiger partial charge on any atom is -0.471 e. The van der Waals surface area contributed by atoms with Gasteiger partial charge in [0.15, 0.2) is 24.0 Å². The summed E-state index contributed by atoms with van der Waals surface area (Å²) in [6.45, 7) is 3.83. The van der Waals surface area contributed by atoms with Gasteiger partial charge in [-0.25, -0.2) is 0 Å². The number of anilines is 2. The highest BCUT2D eigenvalue weighted by atomic mass is 16.8. The van der Waals surface area contributed by atoms with E-state index >= 15 is 0 Å². The molecule has 1 amide bonds. The summed E-state index contributed by atoms with van der Waals surface area (Å²) in [4.78, 5) is 33.0. The number of aromatic nitrogens is 2. The Labute approximate surface area is 218 Å². The van der Waals surface area contributed by atoms with Gasteiger partial charge in [-0.1, -0.05) is 60.7 Å². The maximum atomic E-state index is 13.3. The molecule has 2 fully saturated rings. The van der Waals surface area contributed by atoms with Gasteiger partial charge in [-0.05, 0) is 30.2 Å². The maximum absolute atomic E-state index is 13.3. The van der Waals surface area contributed by atoms with Crippen LogP contribution >= 0.6 is 0 Å². The number of ether oxygens (including phenoxy) is 5. The summed E-state index contributed by atoms with van der Waals surface area (Å²) in [5.41, 5.74) is 7.28. The van der Waals surface area contributed by atoms with Crippen LogP contribution in [-0.2, 0) is 37.0 Å². The monoisotopic (exact) mass is 521 g/mol. The zero-order valence-electron chi connectivity index (χ0n) is 20.8. The van der Waals surface area contributed by atoms with Gasteiger partial charge in [-0.2, -0.15) is 9.97 Å². The van der Waals surface area contributed by atoms with E-state index in [1.165, 1.54) is 0 Å². The molecule has 2 aliphatic rings. The number of nitrogens with two attached hydrogens (primary N) is 1. The Balaban J connectivity index is 1.32. The van der Waals surface area contributed by atoms with Gasteiger partial charge in [-0.3, -0.25) is 4.79 Å². The van der Waals surface area contributed by atoms with Gasteiger partial charge in [0.2, 0.25) is 11.6 Å². The summed E-state index contributed by atoms with van der Waals surface area (Å²) >= 11 is 0. The first-order valence-electron chi connectivity index (χ1n) is 12.0. The van der Waals surface area contributed by atoms with Crippen LogP contribution < -0.4 is 15.8 Å². The van der Waals surface area contributed by atoms with Crippen LogP contribution in [0.5, 0.6) is 5.88 Å². The van der Waals surface area contributed by atoms with Crippen molar-refractivity contribution in [3.8, 4) is 5.88 Å². The molecule has 5 rings (SSSR count). The standard InChI is InChI=1S/C26H27N5O7/c1-26(2)37-18-19(36-24(20(18)38-26)35-14-16-11-7-4-8-12-16)22(32)28-21-17(31-33)23(30-25(27)29-21)34-13-15-9-5-3-6-10-15/h3-12,18-20,24H,13-14H2,1-2H3,(H3,27,28,29,30,32)/t18-,19+,20-,24-/m1/s1. The van der Waals surface area contributed by atoms with Gasteiger partial charge in [0.1, 0.15) is 18.8 Å². The second-order valence-electron chi connectivity index (χ2n) is 9.23. The number of hydrogen-bond acceptors (Lipinski definition) is 11. The lowest BCUT2D eigenvalue weighted by molar-refractivity contribution is -0.234. The number of amides is 1. The first kappa shape index (κ1) is 25.7. The maximum Gasteiger partial charge on any atom is 0.257 e. The molecule has 3 N–H and O–H groups in total. The number of benzene rings is 2. The molecule has 3 aromatic rings. The van der Waals surface area contributed by atoms with Crippen molar-refractivity contribution in [2.45, 2.75) is 57.5 Å². The Kier molecular flexibility index (Phi) is 7.29. The van der Waals surface area contributed by atoms with Crippen LogP contribution in [0, 0.1) is 4.91 Å². The molecule has 2 aromatic carbocycles. The molecule has 0 saturated carbocycles. The van der Waals surface area contributed by atoms with E-state index in [0.29, 0.717) is 0 Å². The molecule has 12 heteroatoms. The van der Waals surface area contributed by atoms with Crippen LogP contribution in [0.1, 0.15) is 25.0 Å². The summed E-state index contributed by atoms with van der Waals surface area (Å²) in [5.74, 6) is -2.20. The molecule has 0 unspecified atom stereocenters. The summed E-state index contributed by atoms with van der Waals surface area (Å²) < 4.78 is 29.5. The van der Waals surface area contributed by atoms with Crippen molar-refractivity contribution in [2.75, 3.05) is 11.1 Å². The Hall–Kier alpha value is -3.97. The first-order chi connectivity index (χ1) is 18.3. The van der Waals surface area contributed by atoms with Gasteiger partial charge in [0.25, 0.3) is 11.8 Å². The SMILES string of the molecule is CC1(C)O[C@H]2[C@H](OCc3ccccc3)O[C@H](C(=O)Nc3nc(N)nc(OCc4ccccc4)c3N=O)[C@H]2O1. The lowest BCUT2D eigenvalue weighted by Gasteiger charge is -2.24. The molecule has 2 aliphatic heterocycles. The van der Waals surface area contributed by atoms with E-state index in [1.54, 1.807) is 13.8 Å². The third-order valence-electron chi connectivity index (χ3n) is 5.95. The van der Waals surface area contributed by atoms with Gasteiger partial charge < -0.3 is 34.7 Å². The zero-order valence-corrected chi connectivity index (χ0v) is 20.8. The third-order valence-corrected chi connectivity index (χ3v) is 5.95. The summed E-state index contributed by atoms with van der Waals surface area (Å²) in [5, 5.41) is 5.54. The number of carbonyl (C=O) groups is 1. The predicted octanol–water partition coefficient (Wildman–Crippen LogP) is 3.44. The van der Waals surface area contributed by atoms with Crippen LogP contribution in [0.2, 0.25) is 0 Å². The molecule has 0 radical (unpaired) electrons. The van der Waals surface area contributed by atoms with Crippen molar-refractivity contribution >= 4 is 23.4 Å². The van der Waals surface area contributed by atoms with Crippen molar-refractivity contribution in [3.63, 3.8) is 0 Å². The number of carbonyl (C=O) groups excluding carboxylic acids is 1. The number of rotatable bonds is 9. The van der Waals surface area contributed by atoms with Crippen molar-refractivity contribution in [2.24, 2.45) is 5.18 Å². The molecule has 0 aliphatic carbocycles. The zero-order chi connectivity index (χ0) is 26.7. The van der Waals surface area contributed by atoms with E-state index in [1.807, 2.05) is 60.7 Å². The molecule has 0 spiro atoms. The van der Waals surface area contributed by atoms with Crippen molar-refractivity contribution < 1.29 is 28.5 Å². The molecule has 198 valence electrons. The molecule has 38 heavy (non-hydrogen) atoms. The number of fused-ring (bicyclic) bond motifs is 1. The van der Waals surface area contributed by atoms with E-state index < -0.39 is 36.3 Å². The van der Waals surface area contributed by atoms with E-state index in [4.69, 9.17) is 29.4 Å². The topological polar surface area (TPSA) is 156 Å². The highest BCUT2D eigenvalue weighted by Crippen LogP contribution is 2.40. The second kappa shape index (κ2) is 10.8. The van der Waals surface area contributed by atoms with Gasteiger partial charge in [-0.15, -0.1) is 4.91 Å². The molecule has 12 nitrogen and oxygen atoms in total. The van der Waals surface area contributed by atoms with E-state index in [0.717, 1.165) is 11.1 Å². The fourth-order valence-corrected chi connectivity index (χ4v) is 4.29. The number of nitrogens with one attached hydrogen (secondary N) is 1. The largest absolute Gasteiger partial charge is 0.471 e. The first-order valence-corrected chi connectivity index (χ1v) is 12.0. The lowest BCUT2D eigenvalue weighted by Crippen LogP contribution is -2.39. The van der Waals surface area contributed by atoms with Crippen molar-refractivity contribution in [1.82, 2.24) is 9.97 Å². The molecule has 1 aromatic heterocycles. The van der Waals surface area contributed by atoms with Crippen molar-refractivity contribution in [1.29, 1.82) is 0 Å². The summed E-state index contributed by atoms with van der Waals surface area (Å²) in [7, 11) is 0. The predicted molar refractivity (Wildman–Crippen MR) is 135 cm³/mol. The Morgan fingerprint density at radius 2 is 1.63 bits per heavy atom. The minimum absolute atomic E-state index is 0.101. The molecular weight excluding hydrogens is 494 g/mol. The second-order valence-corrected chi connectivity index (χ2v) is 9.23. The van der Waals surface area contributed by atoms with Crippen molar-refractivity contribution in [3.05, 3.63) is 76.7 Å². The van der Waals surface area contributed by atoms with Gasteiger partial charge in [0, 0.05) is 0 Å². The highest BCUT2D eigenvalue weighted by Gasteiger charge is 2.58. The molecular formula is C26H27N5O7. The fourth-order valence-electron chi connectivity index (χ4n) is 4.29. The van der Waals surface area contributed by atoms with Crippen LogP contribution in [0.3, 0.4) is 0 Å². The van der Waals surface area contributed by atoms with Crippen LogP contribution in [0.4, 0.5) is 17.5 Å². The Morgan fingerprint density at radius 3 is 2.29 bits per heavy atom. The Morgan fingerprint density at radius 1 is 1.00 bits per heavy atom. The van der Waals surface area contributed by atoms with Crippen LogP contribution in [0.25, 0.3) is 0 Å². The number of hydrogen-bond donors (Lipinski definition) is 2. The third kappa shape index (κ3) is 5.63. The lowest BCUT2D eigenvalue weighted by atomic mass is 10.1. The number of nitrogens with zero attached hydrogens (tertiary/aromatic N) is 3. The van der Waals surface area contributed by atoms with Gasteiger partial charge in [0.05, 0.1) is 6.61 Å². The summed E-state index contributed by atoms with van der Waals surface area (Å²) in [6, 6.07) is 18.8. The van der Waals surface area contributed by atoms with Crippen LogP contribution in [0.15, 0.2) is 65.8 Å². The number of nitrogen functional groups attached to an aromatic ring is 1. The molecule has 2 saturated heterocycles. The Bertz CT molecular complexity index is 1290. The normalized spacial score (nSPS) is 23.5. The van der Waals surface area contributed by atoms with E-state index in [2.05, 4.69) is 20.5 Å².